The highest BCUT2D eigenvalue weighted by molar-refractivity contribution is 5.83. The molecule has 0 bridgehead atoms. The maximum atomic E-state index is 10.6. The number of ether oxygens (including phenoxy) is 1. The Balaban J connectivity index is 2.73. The molecular weight excluding hydrogens is 166 g/mol. The van der Waals surface area contributed by atoms with Crippen LogP contribution in [0.4, 0.5) is 0 Å². The summed E-state index contributed by atoms with van der Waals surface area (Å²) in [5, 5.41) is 0. The summed E-state index contributed by atoms with van der Waals surface area (Å²) in [5.41, 5.74) is 5.95. The van der Waals surface area contributed by atoms with Crippen molar-refractivity contribution < 1.29 is 9.53 Å². The third-order valence-electron chi connectivity index (χ3n) is 1.70. The van der Waals surface area contributed by atoms with Gasteiger partial charge >= 0.3 is 0 Å². The molecule has 0 spiro atoms. The lowest BCUT2D eigenvalue weighted by atomic mass is 10.1. The van der Waals surface area contributed by atoms with Gasteiger partial charge in [0.1, 0.15) is 0 Å². The minimum atomic E-state index is -0.476. The second kappa shape index (κ2) is 4.62. The van der Waals surface area contributed by atoms with Gasteiger partial charge in [-0.2, -0.15) is 0 Å². The lowest BCUT2D eigenvalue weighted by Crippen LogP contribution is -2.17. The third kappa shape index (κ3) is 2.87. The molecule has 1 atom stereocenters. The van der Waals surface area contributed by atoms with Crippen molar-refractivity contribution in [3.8, 4) is 0 Å². The van der Waals surface area contributed by atoms with Crippen LogP contribution in [0.2, 0.25) is 0 Å². The molecule has 3 nitrogen and oxygen atoms in total. The van der Waals surface area contributed by atoms with Crippen LogP contribution in [0.1, 0.15) is 11.7 Å². The summed E-state index contributed by atoms with van der Waals surface area (Å²) in [6, 6.07) is 9.44. The molecule has 0 aliphatic rings. The zero-order chi connectivity index (χ0) is 9.68. The van der Waals surface area contributed by atoms with Gasteiger partial charge in [-0.1, -0.05) is 30.3 Å². The molecule has 69 valence electrons. The van der Waals surface area contributed by atoms with Crippen LogP contribution in [0.5, 0.6) is 0 Å². The van der Waals surface area contributed by atoms with Gasteiger partial charge in [0.05, 0.1) is 12.5 Å². The number of carbonyl (C=O) groups is 1. The molecule has 1 unspecified atom stereocenters. The van der Waals surface area contributed by atoms with E-state index in [2.05, 4.69) is 0 Å². The first-order valence-electron chi connectivity index (χ1n) is 3.96. The largest absolute Gasteiger partial charge is 0.376 e. The van der Waals surface area contributed by atoms with Gasteiger partial charge in [0.15, 0.2) is 0 Å². The first kappa shape index (κ1) is 9.74. The standard InChI is InChI=1S/C10H12NO2/c1-13-9(7-10(11)12)8-5-3-2-4-6-8/h2-7,9H,1H3,(H2,11,12). The molecule has 1 radical (unpaired) electrons. The maximum Gasteiger partial charge on any atom is 0.224 e. The summed E-state index contributed by atoms with van der Waals surface area (Å²) in [6.45, 7) is 0. The quantitative estimate of drug-likeness (QED) is 0.749. The normalized spacial score (nSPS) is 12.4. The third-order valence-corrected chi connectivity index (χ3v) is 1.70. The summed E-state index contributed by atoms with van der Waals surface area (Å²) < 4.78 is 5.09. The first-order chi connectivity index (χ1) is 6.24. The van der Waals surface area contributed by atoms with Crippen LogP contribution in [0, 0.1) is 6.42 Å². The second-order valence-corrected chi connectivity index (χ2v) is 2.64. The van der Waals surface area contributed by atoms with Crippen LogP contribution in [-0.4, -0.2) is 13.0 Å². The lowest BCUT2D eigenvalue weighted by molar-refractivity contribution is -0.116. The molecule has 1 rings (SSSR count). The number of primary amides is 1. The summed E-state index contributed by atoms with van der Waals surface area (Å²) in [7, 11) is 1.54. The van der Waals surface area contributed by atoms with E-state index in [-0.39, 0.29) is 6.10 Å². The topological polar surface area (TPSA) is 52.3 Å². The average Bonchev–Trinajstić information content (AvgIpc) is 2.15. The fourth-order valence-electron chi connectivity index (χ4n) is 1.09. The van der Waals surface area contributed by atoms with E-state index < -0.39 is 5.91 Å². The molecule has 0 fully saturated rings. The van der Waals surface area contributed by atoms with Crippen molar-refractivity contribution in [1.29, 1.82) is 0 Å². The molecule has 0 aliphatic carbocycles. The Kier molecular flexibility index (Phi) is 3.46. The van der Waals surface area contributed by atoms with E-state index >= 15 is 0 Å². The predicted molar refractivity (Wildman–Crippen MR) is 49.7 cm³/mol. The Bertz CT molecular complexity index is 272. The SMILES string of the molecule is COC([CH]C(N)=O)c1ccccc1. The molecule has 2 N–H and O–H groups in total. The molecule has 1 amide bonds. The fourth-order valence-corrected chi connectivity index (χ4v) is 1.09. The van der Waals surface area contributed by atoms with E-state index in [0.717, 1.165) is 5.56 Å². The van der Waals surface area contributed by atoms with Crippen molar-refractivity contribution in [2.45, 2.75) is 6.10 Å². The molecule has 3 heteroatoms. The monoisotopic (exact) mass is 178 g/mol. The molecule has 0 heterocycles. The highest BCUT2D eigenvalue weighted by Crippen LogP contribution is 2.18. The number of amides is 1. The van der Waals surface area contributed by atoms with Gasteiger partial charge in [0.25, 0.3) is 0 Å². The van der Waals surface area contributed by atoms with E-state index in [4.69, 9.17) is 10.5 Å². The molecule has 1 aromatic rings. The van der Waals surface area contributed by atoms with Crippen molar-refractivity contribution in [3.63, 3.8) is 0 Å². The Morgan fingerprint density at radius 1 is 1.46 bits per heavy atom. The smallest absolute Gasteiger partial charge is 0.224 e. The van der Waals surface area contributed by atoms with Crippen molar-refractivity contribution >= 4 is 5.91 Å². The maximum absolute atomic E-state index is 10.6. The molecule has 1 aromatic carbocycles. The minimum absolute atomic E-state index is 0.348. The van der Waals surface area contributed by atoms with Crippen molar-refractivity contribution in [2.75, 3.05) is 7.11 Å². The summed E-state index contributed by atoms with van der Waals surface area (Å²) in [4.78, 5) is 10.6. The van der Waals surface area contributed by atoms with Gasteiger partial charge in [0, 0.05) is 7.11 Å². The second-order valence-electron chi connectivity index (χ2n) is 2.64. The minimum Gasteiger partial charge on any atom is -0.376 e. The van der Waals surface area contributed by atoms with Crippen LogP contribution < -0.4 is 5.73 Å². The van der Waals surface area contributed by atoms with Crippen LogP contribution in [0.3, 0.4) is 0 Å². The van der Waals surface area contributed by atoms with Gasteiger partial charge in [-0.05, 0) is 5.56 Å². The Labute approximate surface area is 77.5 Å². The van der Waals surface area contributed by atoms with Crippen molar-refractivity contribution in [1.82, 2.24) is 0 Å². The van der Waals surface area contributed by atoms with Gasteiger partial charge in [-0.25, -0.2) is 0 Å². The molecule has 0 saturated heterocycles. The number of benzene rings is 1. The van der Waals surface area contributed by atoms with Gasteiger partial charge in [-0.3, -0.25) is 4.79 Å². The van der Waals surface area contributed by atoms with E-state index in [0.29, 0.717) is 0 Å². The van der Waals surface area contributed by atoms with Crippen LogP contribution in [0.15, 0.2) is 30.3 Å². The number of hydrogen-bond acceptors (Lipinski definition) is 2. The van der Waals surface area contributed by atoms with Crippen LogP contribution in [-0.2, 0) is 9.53 Å². The van der Waals surface area contributed by atoms with Gasteiger partial charge in [0.2, 0.25) is 5.91 Å². The van der Waals surface area contributed by atoms with E-state index in [1.807, 2.05) is 30.3 Å². The van der Waals surface area contributed by atoms with Crippen LogP contribution >= 0.6 is 0 Å². The number of nitrogens with two attached hydrogens (primary N) is 1. The van der Waals surface area contributed by atoms with E-state index in [1.165, 1.54) is 13.5 Å². The molecule has 0 aromatic heterocycles. The summed E-state index contributed by atoms with van der Waals surface area (Å²) in [6.07, 6.45) is 0.994. The first-order valence-corrected chi connectivity index (χ1v) is 3.96. The number of methoxy groups -OCH3 is 1. The summed E-state index contributed by atoms with van der Waals surface area (Å²) in [5.74, 6) is -0.476. The number of carbonyl (C=O) groups excluding carboxylic acids is 1. The highest BCUT2D eigenvalue weighted by atomic mass is 16.5. The highest BCUT2D eigenvalue weighted by Gasteiger charge is 2.12. The van der Waals surface area contributed by atoms with E-state index in [9.17, 15) is 4.79 Å². The molecular formula is C10H12NO2. The van der Waals surface area contributed by atoms with Gasteiger partial charge < -0.3 is 10.5 Å². The zero-order valence-electron chi connectivity index (χ0n) is 7.44. The van der Waals surface area contributed by atoms with Crippen molar-refractivity contribution in [3.05, 3.63) is 42.3 Å². The van der Waals surface area contributed by atoms with Gasteiger partial charge in [-0.15, -0.1) is 0 Å². The zero-order valence-corrected chi connectivity index (χ0v) is 7.44. The number of hydrogen-bond donors (Lipinski definition) is 1. The Morgan fingerprint density at radius 3 is 2.54 bits per heavy atom. The summed E-state index contributed by atoms with van der Waals surface area (Å²) >= 11 is 0. The Morgan fingerprint density at radius 2 is 2.08 bits per heavy atom. The molecule has 13 heavy (non-hydrogen) atoms. The number of rotatable bonds is 4. The van der Waals surface area contributed by atoms with Crippen LogP contribution in [0.25, 0.3) is 0 Å². The lowest BCUT2D eigenvalue weighted by Gasteiger charge is -2.12. The van der Waals surface area contributed by atoms with Crippen molar-refractivity contribution in [2.24, 2.45) is 5.73 Å². The molecule has 0 aliphatic heterocycles. The Hall–Kier alpha value is -1.35. The van der Waals surface area contributed by atoms with E-state index in [1.54, 1.807) is 0 Å². The molecule has 0 saturated carbocycles. The predicted octanol–water partition coefficient (Wildman–Crippen LogP) is 1.06. The average molecular weight is 178 g/mol. The fraction of sp³-hybridized carbons (Fsp3) is 0.200.